The third-order valence-electron chi connectivity index (χ3n) is 2.87. The van der Waals surface area contributed by atoms with Crippen LogP contribution in [0.4, 0.5) is 5.69 Å². The fourth-order valence-electron chi connectivity index (χ4n) is 1.40. The van der Waals surface area contributed by atoms with E-state index in [1.165, 1.54) is 5.69 Å². The van der Waals surface area contributed by atoms with E-state index < -0.39 is 0 Å². The summed E-state index contributed by atoms with van der Waals surface area (Å²) in [5.74, 6) is 0.336. The number of rotatable bonds is 3. The van der Waals surface area contributed by atoms with Crippen LogP contribution in [0.2, 0.25) is 0 Å². The molecule has 72 valence electrons. The Morgan fingerprint density at radius 2 is 1.54 bits per heavy atom. The first-order chi connectivity index (χ1) is 6.12. The predicted molar refractivity (Wildman–Crippen MR) is 56.9 cm³/mol. The van der Waals surface area contributed by atoms with Gasteiger partial charge in [0.15, 0.2) is 0 Å². The highest BCUT2D eigenvalue weighted by atomic mass is 16.3. The summed E-state index contributed by atoms with van der Waals surface area (Å²) in [5, 5.41) is 9.16. The van der Waals surface area contributed by atoms with Crippen molar-refractivity contribution in [3.05, 3.63) is 24.3 Å². The van der Waals surface area contributed by atoms with Crippen molar-refractivity contribution in [3.8, 4) is 5.75 Å². The second-order valence-electron chi connectivity index (χ2n) is 3.54. The van der Waals surface area contributed by atoms with Crippen molar-refractivity contribution in [1.82, 2.24) is 4.48 Å². The molecule has 0 saturated heterocycles. The molecule has 0 spiro atoms. The van der Waals surface area contributed by atoms with Gasteiger partial charge >= 0.3 is 0 Å². The van der Waals surface area contributed by atoms with Gasteiger partial charge in [0.05, 0.1) is 20.1 Å². The van der Waals surface area contributed by atoms with Crippen LogP contribution in [0.1, 0.15) is 13.8 Å². The summed E-state index contributed by atoms with van der Waals surface area (Å²) < 4.78 is 0.917. The van der Waals surface area contributed by atoms with Crippen LogP contribution in [0.5, 0.6) is 5.75 Å². The molecule has 1 rings (SSSR count). The molecule has 2 nitrogen and oxygen atoms in total. The molecule has 1 N–H and O–H groups in total. The summed E-state index contributed by atoms with van der Waals surface area (Å²) in [6, 6.07) is 7.47. The second kappa shape index (κ2) is 3.79. The van der Waals surface area contributed by atoms with Gasteiger partial charge in [-0.05, 0) is 26.0 Å². The van der Waals surface area contributed by atoms with Gasteiger partial charge in [0.2, 0.25) is 0 Å². The van der Waals surface area contributed by atoms with Gasteiger partial charge in [-0.3, -0.25) is 4.48 Å². The molecule has 0 aliphatic rings. The van der Waals surface area contributed by atoms with Crippen molar-refractivity contribution in [2.24, 2.45) is 0 Å². The number of hydrogen-bond acceptors (Lipinski definition) is 1. The van der Waals surface area contributed by atoms with E-state index in [-0.39, 0.29) is 0 Å². The lowest BCUT2D eigenvalue weighted by Crippen LogP contribution is -2.44. The van der Waals surface area contributed by atoms with Gasteiger partial charge in [0, 0.05) is 12.1 Å². The Bertz CT molecular complexity index is 262. The van der Waals surface area contributed by atoms with Crippen LogP contribution in [0, 0.1) is 0 Å². The molecule has 2 heteroatoms. The standard InChI is InChI=1S/C11H17NO/c1-4-12(3,5-2)10-6-8-11(13)9-7-10/h6-9H,4-5H2,1-3H3/p+1. The quantitative estimate of drug-likeness (QED) is 0.708. The minimum Gasteiger partial charge on any atom is -0.508 e. The summed E-state index contributed by atoms with van der Waals surface area (Å²) in [6.45, 7) is 6.50. The van der Waals surface area contributed by atoms with Crippen molar-refractivity contribution in [3.63, 3.8) is 0 Å². The molecule has 0 aliphatic heterocycles. The first kappa shape index (κ1) is 10.1. The molecule has 1 aromatic carbocycles. The molecule has 0 radical (unpaired) electrons. The van der Waals surface area contributed by atoms with Crippen LogP contribution >= 0.6 is 0 Å². The van der Waals surface area contributed by atoms with Crippen LogP contribution < -0.4 is 4.48 Å². The number of benzene rings is 1. The van der Waals surface area contributed by atoms with Gasteiger partial charge in [0.25, 0.3) is 0 Å². The molecule has 13 heavy (non-hydrogen) atoms. The van der Waals surface area contributed by atoms with Gasteiger partial charge in [-0.2, -0.15) is 0 Å². The summed E-state index contributed by atoms with van der Waals surface area (Å²) in [4.78, 5) is 0. The van der Waals surface area contributed by atoms with E-state index in [4.69, 9.17) is 5.11 Å². The smallest absolute Gasteiger partial charge is 0.132 e. The first-order valence-electron chi connectivity index (χ1n) is 4.76. The van der Waals surface area contributed by atoms with Crippen LogP contribution in [0.25, 0.3) is 0 Å². The largest absolute Gasteiger partial charge is 0.508 e. The number of phenols is 1. The Labute approximate surface area is 80.0 Å². The Morgan fingerprint density at radius 1 is 1.08 bits per heavy atom. The van der Waals surface area contributed by atoms with Gasteiger partial charge < -0.3 is 5.11 Å². The molecule has 0 aromatic heterocycles. The Morgan fingerprint density at radius 3 is 1.92 bits per heavy atom. The maximum Gasteiger partial charge on any atom is 0.132 e. The van der Waals surface area contributed by atoms with Crippen molar-refractivity contribution in [2.45, 2.75) is 13.8 Å². The monoisotopic (exact) mass is 180 g/mol. The zero-order valence-corrected chi connectivity index (χ0v) is 8.62. The maximum absolute atomic E-state index is 9.16. The average Bonchev–Trinajstić information content (AvgIpc) is 2.18. The third-order valence-corrected chi connectivity index (χ3v) is 2.87. The summed E-state index contributed by atoms with van der Waals surface area (Å²) in [6.07, 6.45) is 0. The lowest BCUT2D eigenvalue weighted by atomic mass is 10.2. The molecule has 0 amide bonds. The van der Waals surface area contributed by atoms with Gasteiger partial charge in [-0.25, -0.2) is 0 Å². The van der Waals surface area contributed by atoms with Crippen LogP contribution in [-0.2, 0) is 0 Å². The topological polar surface area (TPSA) is 20.2 Å². The number of phenolic OH excluding ortho intramolecular Hbond substituents is 1. The lowest BCUT2D eigenvalue weighted by molar-refractivity contribution is 0.364. The van der Waals surface area contributed by atoms with E-state index in [1.807, 2.05) is 12.1 Å². The van der Waals surface area contributed by atoms with Crippen molar-refractivity contribution in [2.75, 3.05) is 20.1 Å². The zero-order valence-electron chi connectivity index (χ0n) is 8.62. The number of nitrogens with zero attached hydrogens (tertiary/aromatic N) is 1. The second-order valence-corrected chi connectivity index (χ2v) is 3.54. The number of hydrogen-bond donors (Lipinski definition) is 1. The van der Waals surface area contributed by atoms with Crippen LogP contribution in [0.3, 0.4) is 0 Å². The summed E-state index contributed by atoms with van der Waals surface area (Å²) in [7, 11) is 2.20. The molecule has 0 atom stereocenters. The highest BCUT2D eigenvalue weighted by Gasteiger charge is 2.19. The molecular weight excluding hydrogens is 162 g/mol. The van der Waals surface area contributed by atoms with E-state index in [1.54, 1.807) is 12.1 Å². The van der Waals surface area contributed by atoms with Crippen molar-refractivity contribution in [1.29, 1.82) is 0 Å². The Kier molecular flexibility index (Phi) is 2.94. The van der Waals surface area contributed by atoms with Crippen LogP contribution in [-0.4, -0.2) is 25.2 Å². The minimum absolute atomic E-state index is 0.336. The summed E-state index contributed by atoms with van der Waals surface area (Å²) in [5.41, 5.74) is 1.25. The third kappa shape index (κ3) is 2.01. The first-order valence-corrected chi connectivity index (χ1v) is 4.76. The van der Waals surface area contributed by atoms with E-state index in [9.17, 15) is 0 Å². The zero-order chi connectivity index (χ0) is 9.90. The molecular formula is C11H18NO+. The van der Waals surface area contributed by atoms with E-state index in [0.29, 0.717) is 5.75 Å². The fourth-order valence-corrected chi connectivity index (χ4v) is 1.40. The highest BCUT2D eigenvalue weighted by Crippen LogP contribution is 2.22. The molecule has 0 unspecified atom stereocenters. The van der Waals surface area contributed by atoms with E-state index >= 15 is 0 Å². The lowest BCUT2D eigenvalue weighted by Gasteiger charge is -2.31. The molecule has 0 saturated carbocycles. The molecule has 0 aliphatic carbocycles. The van der Waals surface area contributed by atoms with Gasteiger partial charge in [-0.1, -0.05) is 0 Å². The van der Waals surface area contributed by atoms with E-state index in [0.717, 1.165) is 17.6 Å². The van der Waals surface area contributed by atoms with Crippen molar-refractivity contribution >= 4 is 5.69 Å². The number of quaternary nitrogens is 1. The Balaban J connectivity index is 2.99. The minimum atomic E-state index is 0.336. The number of aromatic hydroxyl groups is 1. The maximum atomic E-state index is 9.16. The molecule has 1 aromatic rings. The summed E-state index contributed by atoms with van der Waals surface area (Å²) >= 11 is 0. The van der Waals surface area contributed by atoms with Gasteiger partial charge in [0.1, 0.15) is 11.4 Å². The van der Waals surface area contributed by atoms with Gasteiger partial charge in [-0.15, -0.1) is 0 Å². The van der Waals surface area contributed by atoms with Crippen molar-refractivity contribution < 1.29 is 5.11 Å². The van der Waals surface area contributed by atoms with Crippen LogP contribution in [0.15, 0.2) is 24.3 Å². The predicted octanol–water partition coefficient (Wildman–Crippen LogP) is 2.37. The average molecular weight is 180 g/mol. The molecule has 0 fully saturated rings. The fraction of sp³-hybridized carbons (Fsp3) is 0.455. The Hall–Kier alpha value is -1.02. The molecule has 0 bridgehead atoms. The normalized spacial score (nSPS) is 11.6. The molecule has 0 heterocycles. The van der Waals surface area contributed by atoms with E-state index in [2.05, 4.69) is 20.9 Å². The highest BCUT2D eigenvalue weighted by molar-refractivity contribution is 5.45. The SMILES string of the molecule is CC[N+](C)(CC)c1ccc(O)cc1.